The van der Waals surface area contributed by atoms with Gasteiger partial charge in [-0.2, -0.15) is 5.10 Å². The van der Waals surface area contributed by atoms with Crippen LogP contribution in [0.3, 0.4) is 0 Å². The molecule has 3 aromatic rings. The van der Waals surface area contributed by atoms with Gasteiger partial charge in [0.05, 0.1) is 5.69 Å². The zero-order chi connectivity index (χ0) is 14.1. The lowest BCUT2D eigenvalue weighted by molar-refractivity contribution is 0.699. The minimum absolute atomic E-state index is 0.828. The molecule has 20 heavy (non-hydrogen) atoms. The van der Waals surface area contributed by atoms with Gasteiger partial charge in [-0.05, 0) is 37.6 Å². The third-order valence-corrected chi connectivity index (χ3v) is 4.34. The van der Waals surface area contributed by atoms with Crippen LogP contribution in [0, 0.1) is 13.8 Å². The van der Waals surface area contributed by atoms with E-state index in [0.29, 0.717) is 0 Å². The van der Waals surface area contributed by atoms with Gasteiger partial charge in [-0.25, -0.2) is 4.98 Å². The van der Waals surface area contributed by atoms with Gasteiger partial charge in [0.2, 0.25) is 0 Å². The fourth-order valence-corrected chi connectivity index (χ4v) is 3.22. The van der Waals surface area contributed by atoms with Crippen LogP contribution in [-0.4, -0.2) is 14.8 Å². The largest absolute Gasteiger partial charge is 0.308 e. The monoisotopic (exact) mass is 286 g/mol. The highest BCUT2D eigenvalue weighted by molar-refractivity contribution is 7.11. The molecule has 0 fully saturated rings. The number of nitrogens with one attached hydrogen (secondary N) is 1. The highest BCUT2D eigenvalue weighted by atomic mass is 32.1. The normalized spacial score (nSPS) is 11.3. The number of aryl methyl sites for hydroxylation is 3. The molecule has 1 N–H and O–H groups in total. The lowest BCUT2D eigenvalue weighted by Gasteiger charge is -2.03. The first-order chi connectivity index (χ1) is 9.63. The molecule has 0 saturated carbocycles. The predicted molar refractivity (Wildman–Crippen MR) is 82.8 cm³/mol. The summed E-state index contributed by atoms with van der Waals surface area (Å²) < 4.78 is 1.83. The number of aromatic nitrogens is 3. The number of thiophene rings is 1. The molecular formula is C15H18N4S. The van der Waals surface area contributed by atoms with Crippen molar-refractivity contribution in [3.8, 4) is 0 Å². The van der Waals surface area contributed by atoms with Crippen molar-refractivity contribution in [1.29, 1.82) is 0 Å². The molecule has 0 aliphatic heterocycles. The molecule has 3 heterocycles. The molecule has 0 atom stereocenters. The van der Waals surface area contributed by atoms with Crippen molar-refractivity contribution in [3.05, 3.63) is 45.4 Å². The Morgan fingerprint density at radius 3 is 2.85 bits per heavy atom. The van der Waals surface area contributed by atoms with Crippen LogP contribution in [0.1, 0.15) is 21.0 Å². The Hall–Kier alpha value is -1.72. The minimum atomic E-state index is 0.828. The summed E-state index contributed by atoms with van der Waals surface area (Å²) in [5.41, 5.74) is 3.17. The number of fused-ring (bicyclic) bond motifs is 1. The van der Waals surface area contributed by atoms with Crippen LogP contribution in [0.4, 0.5) is 0 Å². The van der Waals surface area contributed by atoms with Gasteiger partial charge in [-0.3, -0.25) is 4.68 Å². The van der Waals surface area contributed by atoms with E-state index in [1.807, 2.05) is 36.2 Å². The first-order valence-electron chi connectivity index (χ1n) is 6.68. The van der Waals surface area contributed by atoms with Crippen LogP contribution in [-0.2, 0) is 20.1 Å². The van der Waals surface area contributed by atoms with Crippen molar-refractivity contribution in [1.82, 2.24) is 20.1 Å². The summed E-state index contributed by atoms with van der Waals surface area (Å²) >= 11 is 1.84. The van der Waals surface area contributed by atoms with Crippen LogP contribution >= 0.6 is 11.3 Å². The van der Waals surface area contributed by atoms with E-state index in [1.54, 1.807) is 0 Å². The second-order valence-corrected chi connectivity index (χ2v) is 6.41. The SMILES string of the molecule is Cc1ccc(CNCc2cnc3c(c2)c(C)nn3C)s1. The van der Waals surface area contributed by atoms with Gasteiger partial charge in [0.15, 0.2) is 5.65 Å². The van der Waals surface area contributed by atoms with Crippen molar-refractivity contribution in [2.75, 3.05) is 0 Å². The smallest absolute Gasteiger partial charge is 0.157 e. The van der Waals surface area contributed by atoms with Gasteiger partial charge in [0.1, 0.15) is 0 Å². The molecule has 0 unspecified atom stereocenters. The minimum Gasteiger partial charge on any atom is -0.308 e. The molecular weight excluding hydrogens is 268 g/mol. The number of hydrogen-bond donors (Lipinski definition) is 1. The maximum atomic E-state index is 4.49. The number of hydrogen-bond acceptors (Lipinski definition) is 4. The molecule has 0 aliphatic rings. The Kier molecular flexibility index (Phi) is 3.54. The second-order valence-electron chi connectivity index (χ2n) is 5.04. The Labute approximate surface area is 122 Å². The lowest BCUT2D eigenvalue weighted by Crippen LogP contribution is -2.11. The van der Waals surface area contributed by atoms with Crippen molar-refractivity contribution in [3.63, 3.8) is 0 Å². The third kappa shape index (κ3) is 2.59. The van der Waals surface area contributed by atoms with Gasteiger partial charge in [0, 0.05) is 41.5 Å². The highest BCUT2D eigenvalue weighted by Gasteiger charge is 2.06. The Morgan fingerprint density at radius 1 is 1.25 bits per heavy atom. The number of nitrogens with zero attached hydrogens (tertiary/aromatic N) is 3. The van der Waals surface area contributed by atoms with Crippen LogP contribution in [0.25, 0.3) is 11.0 Å². The summed E-state index contributed by atoms with van der Waals surface area (Å²) in [6.45, 7) is 5.89. The van der Waals surface area contributed by atoms with E-state index >= 15 is 0 Å². The Morgan fingerprint density at radius 2 is 2.10 bits per heavy atom. The average Bonchev–Trinajstić information content (AvgIpc) is 2.95. The Bertz CT molecular complexity index is 741. The molecule has 0 spiro atoms. The maximum absolute atomic E-state index is 4.49. The summed E-state index contributed by atoms with van der Waals surface area (Å²) in [4.78, 5) is 7.22. The third-order valence-electron chi connectivity index (χ3n) is 3.34. The highest BCUT2D eigenvalue weighted by Crippen LogP contribution is 2.17. The summed E-state index contributed by atoms with van der Waals surface area (Å²) in [5.74, 6) is 0. The van der Waals surface area contributed by atoms with E-state index in [4.69, 9.17) is 0 Å². The molecule has 0 aromatic carbocycles. The van der Waals surface area contributed by atoms with Gasteiger partial charge in [-0.1, -0.05) is 0 Å². The van der Waals surface area contributed by atoms with E-state index < -0.39 is 0 Å². The predicted octanol–water partition coefficient (Wildman–Crippen LogP) is 2.94. The average molecular weight is 286 g/mol. The van der Waals surface area contributed by atoms with Crippen LogP contribution in [0.15, 0.2) is 24.4 Å². The molecule has 3 aromatic heterocycles. The topological polar surface area (TPSA) is 42.7 Å². The van der Waals surface area contributed by atoms with Crippen molar-refractivity contribution < 1.29 is 0 Å². The first kappa shape index (κ1) is 13.3. The summed E-state index contributed by atoms with van der Waals surface area (Å²) in [5, 5.41) is 9.00. The zero-order valence-electron chi connectivity index (χ0n) is 12.0. The number of pyridine rings is 1. The van der Waals surface area contributed by atoms with Crippen LogP contribution in [0.5, 0.6) is 0 Å². The number of rotatable bonds is 4. The van der Waals surface area contributed by atoms with E-state index in [-0.39, 0.29) is 0 Å². The molecule has 5 heteroatoms. The van der Waals surface area contributed by atoms with Crippen LogP contribution < -0.4 is 5.32 Å². The van der Waals surface area contributed by atoms with E-state index in [2.05, 4.69) is 40.5 Å². The van der Waals surface area contributed by atoms with Gasteiger partial charge >= 0.3 is 0 Å². The molecule has 0 bridgehead atoms. The van der Waals surface area contributed by atoms with Gasteiger partial charge < -0.3 is 5.32 Å². The summed E-state index contributed by atoms with van der Waals surface area (Å²) in [6, 6.07) is 6.52. The Balaban J connectivity index is 1.70. The van der Waals surface area contributed by atoms with Crippen molar-refractivity contribution in [2.24, 2.45) is 7.05 Å². The molecule has 0 radical (unpaired) electrons. The fourth-order valence-electron chi connectivity index (χ4n) is 2.36. The molecule has 3 rings (SSSR count). The van der Waals surface area contributed by atoms with Crippen molar-refractivity contribution in [2.45, 2.75) is 26.9 Å². The lowest BCUT2D eigenvalue weighted by atomic mass is 10.2. The van der Waals surface area contributed by atoms with Crippen molar-refractivity contribution >= 4 is 22.4 Å². The zero-order valence-corrected chi connectivity index (χ0v) is 12.8. The quantitative estimate of drug-likeness (QED) is 0.802. The fraction of sp³-hybridized carbons (Fsp3) is 0.333. The second kappa shape index (κ2) is 5.34. The van der Waals surface area contributed by atoms with Crippen LogP contribution in [0.2, 0.25) is 0 Å². The molecule has 0 saturated heterocycles. The van der Waals surface area contributed by atoms with E-state index in [9.17, 15) is 0 Å². The van der Waals surface area contributed by atoms with E-state index in [0.717, 1.165) is 29.8 Å². The standard InChI is InChI=1S/C15H18N4S/c1-10-4-5-13(20-10)9-16-7-12-6-14-11(2)18-19(3)15(14)17-8-12/h4-6,8,16H,7,9H2,1-3H3. The maximum Gasteiger partial charge on any atom is 0.157 e. The summed E-state index contributed by atoms with van der Waals surface area (Å²) in [7, 11) is 1.93. The molecule has 0 aliphatic carbocycles. The molecule has 4 nitrogen and oxygen atoms in total. The van der Waals surface area contributed by atoms with Gasteiger partial charge in [0.25, 0.3) is 0 Å². The molecule has 104 valence electrons. The summed E-state index contributed by atoms with van der Waals surface area (Å²) in [6.07, 6.45) is 1.93. The van der Waals surface area contributed by atoms with E-state index in [1.165, 1.54) is 15.3 Å². The van der Waals surface area contributed by atoms with Gasteiger partial charge in [-0.15, -0.1) is 11.3 Å². The molecule has 0 amide bonds. The first-order valence-corrected chi connectivity index (χ1v) is 7.49.